The van der Waals surface area contributed by atoms with Crippen LogP contribution in [0.4, 0.5) is 0 Å². The van der Waals surface area contributed by atoms with Crippen LogP contribution in [0.1, 0.15) is 24.0 Å². The fraction of sp³-hybridized carbons (Fsp3) is 0.286. The molecule has 0 bridgehead atoms. The van der Waals surface area contributed by atoms with Gasteiger partial charge < -0.3 is 5.11 Å². The van der Waals surface area contributed by atoms with Crippen molar-refractivity contribution in [3.63, 3.8) is 0 Å². The molecule has 0 aliphatic carbocycles. The third-order valence-electron chi connectivity index (χ3n) is 3.20. The minimum Gasteiger partial charge on any atom is -0.508 e. The average molecular weight is 233 g/mol. The molecular weight excluding hydrogens is 215 g/mol. The van der Waals surface area contributed by atoms with E-state index < -0.39 is 7.92 Å². The fourth-order valence-corrected chi connectivity index (χ4v) is 5.10. The van der Waals surface area contributed by atoms with E-state index in [0.717, 1.165) is 11.1 Å². The van der Waals surface area contributed by atoms with Crippen LogP contribution in [0.15, 0.2) is 37.4 Å². The summed E-state index contributed by atoms with van der Waals surface area (Å²) in [6, 6.07) is 7.90. The lowest BCUT2D eigenvalue weighted by Crippen LogP contribution is -1.91. The molecule has 1 aliphatic heterocycles. The van der Waals surface area contributed by atoms with Gasteiger partial charge in [-0.2, -0.15) is 0 Å². The average Bonchev–Trinajstić information content (AvgIpc) is 2.81. The van der Waals surface area contributed by atoms with Crippen molar-refractivity contribution in [1.82, 2.24) is 0 Å². The Hall–Kier alpha value is -1.07. The number of aliphatic hydroxyl groups excluding tert-OH is 1. The monoisotopic (exact) mass is 233 g/mol. The van der Waals surface area contributed by atoms with E-state index in [2.05, 4.69) is 19.2 Å². The molecule has 1 nitrogen and oxygen atoms in total. The maximum absolute atomic E-state index is 9.57. The Morgan fingerprint density at radius 3 is 2.19 bits per heavy atom. The number of hydrogen-bond donors (Lipinski definition) is 1. The van der Waals surface area contributed by atoms with E-state index in [1.165, 1.54) is 30.5 Å². The summed E-state index contributed by atoms with van der Waals surface area (Å²) < 4.78 is 0. The predicted octanol–water partition coefficient (Wildman–Crippen LogP) is 4.19. The Morgan fingerprint density at radius 2 is 1.62 bits per heavy atom. The van der Waals surface area contributed by atoms with Crippen molar-refractivity contribution >= 4 is 19.0 Å². The van der Waals surface area contributed by atoms with E-state index >= 15 is 0 Å². The van der Waals surface area contributed by atoms with E-state index in [4.69, 9.17) is 0 Å². The first-order valence-electron chi connectivity index (χ1n) is 5.72. The van der Waals surface area contributed by atoms with Gasteiger partial charge in [0.15, 0.2) is 0 Å². The van der Waals surface area contributed by atoms with Crippen LogP contribution in [-0.2, 0) is 0 Å². The predicted molar refractivity (Wildman–Crippen MR) is 74.4 cm³/mol. The normalized spacial score (nSPS) is 16.2. The van der Waals surface area contributed by atoms with Gasteiger partial charge in [0.2, 0.25) is 0 Å². The van der Waals surface area contributed by atoms with Gasteiger partial charge in [0.1, 0.15) is 5.76 Å². The number of hydrogen-bond acceptors (Lipinski definition) is 1. The summed E-state index contributed by atoms with van der Waals surface area (Å²) in [5.41, 5.74) is 1.95. The second kappa shape index (κ2) is 4.84. The Balaban J connectivity index is 2.32. The van der Waals surface area contributed by atoms with Crippen LogP contribution in [0.25, 0.3) is 11.1 Å². The highest BCUT2D eigenvalue weighted by atomic mass is 31.1. The molecule has 1 aromatic carbocycles. The van der Waals surface area contributed by atoms with Crippen LogP contribution in [-0.4, -0.2) is 17.4 Å². The van der Waals surface area contributed by atoms with E-state index in [1.54, 1.807) is 0 Å². The summed E-state index contributed by atoms with van der Waals surface area (Å²) in [5, 5.41) is 10.8. The summed E-state index contributed by atoms with van der Waals surface area (Å²) >= 11 is 0. The number of rotatable bonds is 3. The minimum atomic E-state index is -0.444. The number of aliphatic hydroxyl groups is 1. The van der Waals surface area contributed by atoms with E-state index in [0.29, 0.717) is 0 Å². The molecule has 0 spiro atoms. The molecule has 1 aromatic rings. The van der Waals surface area contributed by atoms with Crippen molar-refractivity contribution in [2.45, 2.75) is 12.8 Å². The maximum Gasteiger partial charge on any atom is 0.116 e. The van der Waals surface area contributed by atoms with E-state index in [-0.39, 0.29) is 5.76 Å². The molecule has 84 valence electrons. The standard InChI is InChI=1S/C14H17OP/c1-11(15)13-7-3-4-8-14(13)12(2)16-9-5-6-10-16/h3-4,7-8,15H,1-2,5-6,9-10H2/p+1. The molecule has 16 heavy (non-hydrogen) atoms. The van der Waals surface area contributed by atoms with Crippen molar-refractivity contribution in [2.24, 2.45) is 0 Å². The Morgan fingerprint density at radius 1 is 1.06 bits per heavy atom. The molecule has 1 saturated heterocycles. The summed E-state index contributed by atoms with van der Waals surface area (Å²) in [6.45, 7) is 7.86. The van der Waals surface area contributed by atoms with E-state index in [1.807, 2.05) is 18.2 Å². The highest BCUT2D eigenvalue weighted by Gasteiger charge is 2.27. The zero-order valence-corrected chi connectivity index (χ0v) is 10.5. The van der Waals surface area contributed by atoms with Gasteiger partial charge in [-0.15, -0.1) is 0 Å². The van der Waals surface area contributed by atoms with Crippen LogP contribution in [0.5, 0.6) is 0 Å². The zero-order valence-electron chi connectivity index (χ0n) is 9.50. The lowest BCUT2D eigenvalue weighted by Gasteiger charge is -2.10. The Kier molecular flexibility index (Phi) is 3.46. The maximum atomic E-state index is 9.57. The quantitative estimate of drug-likeness (QED) is 0.613. The lowest BCUT2D eigenvalue weighted by molar-refractivity contribution is 0.513. The summed E-state index contributed by atoms with van der Waals surface area (Å²) in [7, 11) is -0.444. The fourth-order valence-electron chi connectivity index (χ4n) is 2.29. The zero-order chi connectivity index (χ0) is 11.5. The van der Waals surface area contributed by atoms with Gasteiger partial charge in [-0.1, -0.05) is 37.4 Å². The first kappa shape index (κ1) is 11.4. The summed E-state index contributed by atoms with van der Waals surface area (Å²) in [4.78, 5) is 0. The van der Waals surface area contributed by atoms with Crippen LogP contribution in [0, 0.1) is 0 Å². The summed E-state index contributed by atoms with van der Waals surface area (Å²) in [5.74, 6) is 0.150. The molecule has 1 fully saturated rings. The Bertz CT molecular complexity index is 416. The molecule has 1 aliphatic rings. The molecule has 0 aromatic heterocycles. The molecule has 2 heteroatoms. The van der Waals surface area contributed by atoms with Gasteiger partial charge in [-0.3, -0.25) is 0 Å². The van der Waals surface area contributed by atoms with Gasteiger partial charge in [0.05, 0.1) is 17.6 Å². The second-order valence-corrected chi connectivity index (χ2v) is 7.09. The molecule has 0 atom stereocenters. The van der Waals surface area contributed by atoms with Crippen molar-refractivity contribution in [3.8, 4) is 0 Å². The van der Waals surface area contributed by atoms with Gasteiger partial charge in [0.25, 0.3) is 0 Å². The van der Waals surface area contributed by atoms with Crippen LogP contribution < -0.4 is 0 Å². The third-order valence-corrected chi connectivity index (χ3v) is 6.23. The highest BCUT2D eigenvalue weighted by Crippen LogP contribution is 2.55. The summed E-state index contributed by atoms with van der Waals surface area (Å²) in [6.07, 6.45) is 5.34. The first-order chi connectivity index (χ1) is 7.70. The third kappa shape index (κ3) is 2.20. The smallest absolute Gasteiger partial charge is 0.116 e. The molecule has 0 radical (unpaired) electrons. The van der Waals surface area contributed by atoms with Gasteiger partial charge in [-0.05, 0) is 12.8 Å². The Labute approximate surface area is 98.3 Å². The molecule has 2 rings (SSSR count). The molecule has 0 unspecified atom stereocenters. The van der Waals surface area contributed by atoms with Crippen LogP contribution in [0.2, 0.25) is 0 Å². The molecule has 0 saturated carbocycles. The van der Waals surface area contributed by atoms with E-state index in [9.17, 15) is 5.11 Å². The van der Waals surface area contributed by atoms with Gasteiger partial charge >= 0.3 is 0 Å². The number of benzene rings is 1. The van der Waals surface area contributed by atoms with Crippen molar-refractivity contribution in [2.75, 3.05) is 12.3 Å². The highest BCUT2D eigenvalue weighted by molar-refractivity contribution is 7.68. The van der Waals surface area contributed by atoms with Crippen molar-refractivity contribution in [1.29, 1.82) is 0 Å². The van der Waals surface area contributed by atoms with Crippen molar-refractivity contribution < 1.29 is 5.11 Å². The molecule has 0 amide bonds. The van der Waals surface area contributed by atoms with Crippen molar-refractivity contribution in [3.05, 3.63) is 48.6 Å². The largest absolute Gasteiger partial charge is 0.508 e. The van der Waals surface area contributed by atoms with Crippen LogP contribution in [0.3, 0.4) is 0 Å². The molecular formula is C14H18OP+. The SMILES string of the molecule is C=C(O)c1ccccc1C(=C)[PH+]1CCCC1. The molecule has 1 N–H and O–H groups in total. The minimum absolute atomic E-state index is 0.150. The van der Waals surface area contributed by atoms with Crippen LogP contribution >= 0.6 is 7.92 Å². The van der Waals surface area contributed by atoms with Gasteiger partial charge in [-0.25, -0.2) is 0 Å². The first-order valence-corrected chi connectivity index (χ1v) is 7.63. The lowest BCUT2D eigenvalue weighted by atomic mass is 10.1. The topological polar surface area (TPSA) is 20.2 Å². The van der Waals surface area contributed by atoms with Gasteiger partial charge in [0, 0.05) is 19.0 Å². The second-order valence-electron chi connectivity index (χ2n) is 4.28. The molecule has 1 heterocycles.